The van der Waals surface area contributed by atoms with Crippen molar-refractivity contribution in [3.63, 3.8) is 0 Å². The second-order valence-electron chi connectivity index (χ2n) is 3.34. The summed E-state index contributed by atoms with van der Waals surface area (Å²) >= 11 is 0. The summed E-state index contributed by atoms with van der Waals surface area (Å²) in [7, 11) is 3.22. The molecule has 0 saturated heterocycles. The maximum absolute atomic E-state index is 8.53. The molecule has 18 heavy (non-hydrogen) atoms. The fraction of sp³-hybridized carbons (Fsp3) is 0.700. The number of ether oxygens (including phenoxy) is 2. The van der Waals surface area contributed by atoms with Crippen molar-refractivity contribution in [1.82, 2.24) is 15.0 Å². The van der Waals surface area contributed by atoms with Crippen LogP contribution in [0.2, 0.25) is 0 Å². The van der Waals surface area contributed by atoms with Crippen LogP contribution in [0, 0.1) is 0 Å². The second-order valence-corrected chi connectivity index (χ2v) is 3.34. The second kappa shape index (κ2) is 8.43. The Bertz CT molecular complexity index is 328. The number of rotatable bonds is 9. The van der Waals surface area contributed by atoms with Gasteiger partial charge in [-0.3, -0.25) is 0 Å². The summed E-state index contributed by atoms with van der Waals surface area (Å²) in [5, 5.41) is 14.4. The average molecular weight is 257 g/mol. The van der Waals surface area contributed by atoms with E-state index < -0.39 is 0 Å². The van der Waals surface area contributed by atoms with Gasteiger partial charge in [0, 0.05) is 20.2 Å². The van der Waals surface area contributed by atoms with Crippen molar-refractivity contribution in [2.45, 2.75) is 6.42 Å². The van der Waals surface area contributed by atoms with Crippen LogP contribution in [-0.2, 0) is 4.74 Å². The lowest BCUT2D eigenvalue weighted by Gasteiger charge is -2.07. The molecule has 0 fully saturated rings. The van der Waals surface area contributed by atoms with Gasteiger partial charge < -0.3 is 25.2 Å². The zero-order valence-corrected chi connectivity index (χ0v) is 10.6. The van der Waals surface area contributed by atoms with E-state index in [2.05, 4.69) is 25.6 Å². The van der Waals surface area contributed by atoms with Gasteiger partial charge in [-0.25, -0.2) is 0 Å². The number of nitrogens with one attached hydrogen (secondary N) is 2. The van der Waals surface area contributed by atoms with Crippen molar-refractivity contribution in [2.75, 3.05) is 51.2 Å². The maximum atomic E-state index is 8.53. The van der Waals surface area contributed by atoms with E-state index in [4.69, 9.17) is 14.6 Å². The largest absolute Gasteiger partial charge is 0.467 e. The highest BCUT2D eigenvalue weighted by Crippen LogP contribution is 2.09. The number of aromatic nitrogens is 3. The first-order chi connectivity index (χ1) is 8.80. The Morgan fingerprint density at radius 1 is 1.17 bits per heavy atom. The first-order valence-corrected chi connectivity index (χ1v) is 5.70. The van der Waals surface area contributed by atoms with E-state index in [1.54, 1.807) is 7.05 Å². The summed E-state index contributed by atoms with van der Waals surface area (Å²) in [6.07, 6.45) is 0.795. The van der Waals surface area contributed by atoms with Gasteiger partial charge in [0.05, 0.1) is 20.3 Å². The van der Waals surface area contributed by atoms with Gasteiger partial charge in [-0.1, -0.05) is 0 Å². The summed E-state index contributed by atoms with van der Waals surface area (Å²) in [4.78, 5) is 12.2. The van der Waals surface area contributed by atoms with Crippen LogP contribution in [0.3, 0.4) is 0 Å². The number of hydrogen-bond donors (Lipinski definition) is 3. The molecule has 0 atom stereocenters. The molecule has 3 N–H and O–H groups in total. The number of methoxy groups -OCH3 is 1. The predicted octanol–water partition coefficient (Wildman–Crippen LogP) is -0.267. The first kappa shape index (κ1) is 14.4. The highest BCUT2D eigenvalue weighted by molar-refractivity contribution is 5.35. The topological polar surface area (TPSA) is 101 Å². The Kier molecular flexibility index (Phi) is 6.74. The Morgan fingerprint density at radius 3 is 2.61 bits per heavy atom. The molecule has 1 rings (SSSR count). The summed E-state index contributed by atoms with van der Waals surface area (Å²) in [5.41, 5.74) is 0. The average Bonchev–Trinajstić information content (AvgIpc) is 2.42. The van der Waals surface area contributed by atoms with Crippen LogP contribution in [0.4, 0.5) is 11.9 Å². The quantitative estimate of drug-likeness (QED) is 0.520. The molecular formula is C10H19N5O3. The Morgan fingerprint density at radius 2 is 1.94 bits per heavy atom. The smallest absolute Gasteiger partial charge is 0.322 e. The van der Waals surface area contributed by atoms with E-state index in [0.717, 1.165) is 6.42 Å². The van der Waals surface area contributed by atoms with Crippen LogP contribution < -0.4 is 15.4 Å². The Labute approximate surface area is 106 Å². The molecule has 0 bridgehead atoms. The minimum atomic E-state index is 0.0453. The molecule has 102 valence electrons. The molecule has 0 aromatic carbocycles. The molecule has 0 aliphatic heterocycles. The van der Waals surface area contributed by atoms with Crippen LogP contribution in [0.5, 0.6) is 6.01 Å². The van der Waals surface area contributed by atoms with Crippen molar-refractivity contribution >= 4 is 11.9 Å². The van der Waals surface area contributed by atoms with Crippen molar-refractivity contribution in [1.29, 1.82) is 0 Å². The number of aliphatic hydroxyl groups excluding tert-OH is 1. The van der Waals surface area contributed by atoms with Crippen LogP contribution in [0.25, 0.3) is 0 Å². The van der Waals surface area contributed by atoms with Gasteiger partial charge in [0.25, 0.3) is 0 Å². The molecule has 0 amide bonds. The molecule has 8 heteroatoms. The third-order valence-corrected chi connectivity index (χ3v) is 2.01. The maximum Gasteiger partial charge on any atom is 0.322 e. The van der Waals surface area contributed by atoms with Crippen LogP contribution in [0.15, 0.2) is 0 Å². The molecular weight excluding hydrogens is 238 g/mol. The number of nitrogens with zero attached hydrogens (tertiary/aromatic N) is 3. The van der Waals surface area contributed by atoms with Gasteiger partial charge in [-0.05, 0) is 6.42 Å². The summed E-state index contributed by atoms with van der Waals surface area (Å²) in [6, 6.07) is 0.258. The predicted molar refractivity (Wildman–Crippen MR) is 66.9 cm³/mol. The van der Waals surface area contributed by atoms with Crippen LogP contribution in [0.1, 0.15) is 6.42 Å². The Hall–Kier alpha value is -1.67. The minimum absolute atomic E-state index is 0.0453. The minimum Gasteiger partial charge on any atom is -0.467 e. The standard InChI is InChI=1S/C10H19N5O3/c1-11-8-13-9(15-10(14-8)17-2)12-4-3-6-18-7-5-16/h16H,3-7H2,1-2H3,(H2,11,12,13,14,15). The third kappa shape index (κ3) is 5.11. The van der Waals surface area contributed by atoms with Gasteiger partial charge >= 0.3 is 6.01 Å². The number of aliphatic hydroxyl groups is 1. The van der Waals surface area contributed by atoms with Gasteiger partial charge in [0.2, 0.25) is 11.9 Å². The van der Waals surface area contributed by atoms with Crippen molar-refractivity contribution < 1.29 is 14.6 Å². The molecule has 0 aliphatic rings. The van der Waals surface area contributed by atoms with Crippen molar-refractivity contribution in [3.05, 3.63) is 0 Å². The summed E-state index contributed by atoms with van der Waals surface area (Å²) in [5.74, 6) is 0.897. The monoisotopic (exact) mass is 257 g/mol. The molecule has 1 aromatic rings. The number of anilines is 2. The lowest BCUT2D eigenvalue weighted by atomic mass is 10.4. The van der Waals surface area contributed by atoms with Gasteiger partial charge in [-0.2, -0.15) is 15.0 Å². The molecule has 1 heterocycles. The first-order valence-electron chi connectivity index (χ1n) is 5.70. The van der Waals surface area contributed by atoms with E-state index in [0.29, 0.717) is 31.7 Å². The van der Waals surface area contributed by atoms with Gasteiger partial charge in [0.15, 0.2) is 0 Å². The lowest BCUT2D eigenvalue weighted by molar-refractivity contribution is 0.0921. The molecule has 0 radical (unpaired) electrons. The van der Waals surface area contributed by atoms with Crippen molar-refractivity contribution in [3.8, 4) is 6.01 Å². The van der Waals surface area contributed by atoms with Gasteiger partial charge in [-0.15, -0.1) is 0 Å². The Balaban J connectivity index is 2.36. The molecule has 0 spiro atoms. The normalized spacial score (nSPS) is 10.2. The molecule has 0 aliphatic carbocycles. The van der Waals surface area contributed by atoms with E-state index in [1.807, 2.05) is 0 Å². The SMILES string of the molecule is CNc1nc(NCCCOCCO)nc(OC)n1. The summed E-state index contributed by atoms with van der Waals surface area (Å²) < 4.78 is 10.1. The fourth-order valence-electron chi connectivity index (χ4n) is 1.18. The zero-order valence-electron chi connectivity index (χ0n) is 10.6. The zero-order chi connectivity index (χ0) is 13.2. The molecule has 0 unspecified atom stereocenters. The number of hydrogen-bond acceptors (Lipinski definition) is 8. The van der Waals surface area contributed by atoms with Gasteiger partial charge in [0.1, 0.15) is 0 Å². The molecule has 8 nitrogen and oxygen atoms in total. The van der Waals surface area contributed by atoms with E-state index in [-0.39, 0.29) is 12.6 Å². The van der Waals surface area contributed by atoms with E-state index in [1.165, 1.54) is 7.11 Å². The van der Waals surface area contributed by atoms with E-state index in [9.17, 15) is 0 Å². The summed E-state index contributed by atoms with van der Waals surface area (Å²) in [6.45, 7) is 1.66. The van der Waals surface area contributed by atoms with E-state index >= 15 is 0 Å². The molecule has 0 saturated carbocycles. The lowest BCUT2D eigenvalue weighted by Crippen LogP contribution is -2.11. The molecule has 1 aromatic heterocycles. The van der Waals surface area contributed by atoms with Crippen LogP contribution >= 0.6 is 0 Å². The fourth-order valence-corrected chi connectivity index (χ4v) is 1.18. The third-order valence-electron chi connectivity index (χ3n) is 2.01. The van der Waals surface area contributed by atoms with Crippen LogP contribution in [-0.4, -0.2) is 60.6 Å². The highest BCUT2D eigenvalue weighted by Gasteiger charge is 2.04. The highest BCUT2D eigenvalue weighted by atomic mass is 16.5. The van der Waals surface area contributed by atoms with Crippen molar-refractivity contribution in [2.24, 2.45) is 0 Å².